The monoisotopic (exact) mass is 555 g/mol. The van der Waals surface area contributed by atoms with Crippen molar-refractivity contribution in [1.29, 1.82) is 0 Å². The molecule has 0 atom stereocenters. The summed E-state index contributed by atoms with van der Waals surface area (Å²) in [5.41, 5.74) is -0.956. The number of rotatable bonds is 6. The molecule has 192 valence electrons. The van der Waals surface area contributed by atoms with Crippen LogP contribution in [0.4, 0.5) is 4.39 Å². The third-order valence-corrected chi connectivity index (χ3v) is 9.26. The fourth-order valence-electron chi connectivity index (χ4n) is 4.18. The summed E-state index contributed by atoms with van der Waals surface area (Å²) in [6.07, 6.45) is 0.998. The summed E-state index contributed by atoms with van der Waals surface area (Å²) in [6, 6.07) is 8.44. The highest BCUT2D eigenvalue weighted by atomic mass is 35.5. The van der Waals surface area contributed by atoms with Crippen LogP contribution in [0.15, 0.2) is 57.0 Å². The molecule has 2 aromatic carbocycles. The minimum absolute atomic E-state index is 0.0362. The molecular weight excluding hydrogens is 533 g/mol. The van der Waals surface area contributed by atoms with E-state index < -0.39 is 37.3 Å². The van der Waals surface area contributed by atoms with E-state index in [1.165, 1.54) is 48.3 Å². The lowest BCUT2D eigenvalue weighted by atomic mass is 9.96. The fraction of sp³-hybridized carbons (Fsp3) is 0.304. The standard InChI is InChI=1S/C23H23ClFN3O6S2/c1-23(2)21(29)18(22(30)28(23)11-13-8-9-17(25)16(24)10-13)19-15-7-5-6-14(12-27(3)35(4,31)32)20(15)36(33,34)26-19/h5-10,29H,11-12H2,1-4H3. The van der Waals surface area contributed by atoms with Crippen molar-refractivity contribution in [2.45, 2.75) is 37.4 Å². The second-order valence-electron chi connectivity index (χ2n) is 9.15. The van der Waals surface area contributed by atoms with Crippen molar-refractivity contribution in [3.8, 4) is 0 Å². The van der Waals surface area contributed by atoms with E-state index >= 15 is 0 Å². The SMILES string of the molecule is CN(Cc1cccc2c1S(=O)(=O)N=C2C1=C(O)C(C)(C)N(Cc2ccc(F)c(Cl)c2)C1=O)S(C)(=O)=O. The smallest absolute Gasteiger partial charge is 0.283 e. The molecule has 0 spiro atoms. The number of hydrogen-bond donors (Lipinski definition) is 1. The Hall–Kier alpha value is -2.80. The number of amides is 1. The molecule has 0 aliphatic carbocycles. The van der Waals surface area contributed by atoms with Crippen LogP contribution in [0.5, 0.6) is 0 Å². The largest absolute Gasteiger partial charge is 0.509 e. The highest BCUT2D eigenvalue weighted by molar-refractivity contribution is 7.91. The third-order valence-electron chi connectivity index (χ3n) is 6.29. The maximum Gasteiger partial charge on any atom is 0.283 e. The molecular formula is C23H23ClFN3O6S2. The number of halogens is 2. The van der Waals surface area contributed by atoms with Gasteiger partial charge in [0.05, 0.1) is 16.8 Å². The second kappa shape index (κ2) is 8.65. The van der Waals surface area contributed by atoms with E-state index in [0.29, 0.717) is 5.56 Å². The summed E-state index contributed by atoms with van der Waals surface area (Å²) < 4.78 is 68.3. The first-order chi connectivity index (χ1) is 16.6. The molecule has 2 aliphatic heterocycles. The van der Waals surface area contributed by atoms with Gasteiger partial charge in [0.1, 0.15) is 27.8 Å². The summed E-state index contributed by atoms with van der Waals surface area (Å²) in [6.45, 7) is 2.90. The minimum atomic E-state index is -4.29. The first kappa shape index (κ1) is 26.3. The van der Waals surface area contributed by atoms with Crippen molar-refractivity contribution in [1.82, 2.24) is 9.21 Å². The number of sulfonamides is 2. The molecule has 2 aliphatic rings. The summed E-state index contributed by atoms with van der Waals surface area (Å²) in [5, 5.41) is 11.0. The van der Waals surface area contributed by atoms with Crippen LogP contribution in [-0.2, 0) is 37.9 Å². The number of carbonyl (C=O) groups is 1. The quantitative estimate of drug-likeness (QED) is 0.584. The van der Waals surface area contributed by atoms with Crippen LogP contribution in [0.2, 0.25) is 5.02 Å². The van der Waals surface area contributed by atoms with Gasteiger partial charge in [-0.1, -0.05) is 35.9 Å². The number of nitrogens with zero attached hydrogens (tertiary/aromatic N) is 3. The minimum Gasteiger partial charge on any atom is -0.509 e. The van der Waals surface area contributed by atoms with Crippen molar-refractivity contribution >= 4 is 43.3 Å². The third kappa shape index (κ3) is 4.32. The molecule has 1 N–H and O–H groups in total. The average molecular weight is 556 g/mol. The van der Waals surface area contributed by atoms with Crippen LogP contribution >= 0.6 is 11.6 Å². The number of carbonyl (C=O) groups excluding carboxylic acids is 1. The molecule has 0 fully saturated rings. The summed E-state index contributed by atoms with van der Waals surface area (Å²) >= 11 is 5.87. The highest BCUT2D eigenvalue weighted by Gasteiger charge is 2.49. The zero-order valence-electron chi connectivity index (χ0n) is 19.8. The number of benzene rings is 2. The Kier molecular flexibility index (Phi) is 6.31. The van der Waals surface area contributed by atoms with E-state index in [1.54, 1.807) is 13.8 Å². The second-order valence-corrected chi connectivity index (χ2v) is 13.2. The van der Waals surface area contributed by atoms with E-state index in [-0.39, 0.29) is 51.2 Å². The normalized spacial score (nSPS) is 18.7. The lowest BCUT2D eigenvalue weighted by Gasteiger charge is -2.32. The highest BCUT2D eigenvalue weighted by Crippen LogP contribution is 2.41. The molecule has 0 saturated heterocycles. The van der Waals surface area contributed by atoms with Crippen molar-refractivity contribution < 1.29 is 31.1 Å². The first-order valence-electron chi connectivity index (χ1n) is 10.6. The maximum absolute atomic E-state index is 13.6. The molecule has 0 bridgehead atoms. The molecule has 4 rings (SSSR count). The predicted molar refractivity (Wildman–Crippen MR) is 132 cm³/mol. The molecule has 0 aromatic heterocycles. The summed E-state index contributed by atoms with van der Waals surface area (Å²) in [7, 11) is -6.58. The van der Waals surface area contributed by atoms with Gasteiger partial charge >= 0.3 is 0 Å². The van der Waals surface area contributed by atoms with Gasteiger partial charge in [-0.2, -0.15) is 12.8 Å². The Balaban J connectivity index is 1.77. The van der Waals surface area contributed by atoms with Crippen LogP contribution in [0, 0.1) is 5.82 Å². The van der Waals surface area contributed by atoms with Crippen LogP contribution in [0.25, 0.3) is 0 Å². The Labute approximate surface area is 213 Å². The predicted octanol–water partition coefficient (Wildman–Crippen LogP) is 3.00. The van der Waals surface area contributed by atoms with E-state index in [1.807, 2.05) is 0 Å². The Morgan fingerprint density at radius 2 is 1.89 bits per heavy atom. The zero-order valence-corrected chi connectivity index (χ0v) is 22.2. The average Bonchev–Trinajstić information content (AvgIpc) is 3.12. The molecule has 2 aromatic rings. The van der Waals surface area contributed by atoms with Crippen molar-refractivity contribution in [3.63, 3.8) is 0 Å². The van der Waals surface area contributed by atoms with Gasteiger partial charge < -0.3 is 10.0 Å². The number of aliphatic hydroxyl groups excluding tert-OH is 1. The molecule has 2 heterocycles. The van der Waals surface area contributed by atoms with Gasteiger partial charge in [0.15, 0.2) is 0 Å². The Morgan fingerprint density at radius 1 is 1.22 bits per heavy atom. The molecule has 1 amide bonds. The van der Waals surface area contributed by atoms with Crippen LogP contribution in [-0.4, -0.2) is 61.6 Å². The zero-order chi connectivity index (χ0) is 26.8. The first-order valence-corrected chi connectivity index (χ1v) is 14.3. The number of hydrogen-bond acceptors (Lipinski definition) is 6. The fourth-order valence-corrected chi connectivity index (χ4v) is 6.18. The Bertz CT molecular complexity index is 1580. The van der Waals surface area contributed by atoms with Crippen LogP contribution in [0.3, 0.4) is 0 Å². The van der Waals surface area contributed by atoms with Crippen molar-refractivity contribution in [2.24, 2.45) is 4.40 Å². The Morgan fingerprint density at radius 3 is 2.50 bits per heavy atom. The molecule has 0 saturated carbocycles. The van der Waals surface area contributed by atoms with Gasteiger partial charge in [0.2, 0.25) is 10.0 Å². The van der Waals surface area contributed by atoms with Gasteiger partial charge in [0, 0.05) is 25.7 Å². The molecule has 0 unspecified atom stereocenters. The van der Waals surface area contributed by atoms with Gasteiger partial charge in [-0.15, -0.1) is 0 Å². The maximum atomic E-state index is 13.6. The van der Waals surface area contributed by atoms with Gasteiger partial charge in [0.25, 0.3) is 15.9 Å². The van der Waals surface area contributed by atoms with Gasteiger partial charge in [-0.05, 0) is 37.1 Å². The number of aliphatic hydroxyl groups is 1. The topological polar surface area (TPSA) is 124 Å². The summed E-state index contributed by atoms with van der Waals surface area (Å²) in [5.74, 6) is -1.66. The van der Waals surface area contributed by atoms with Crippen molar-refractivity contribution in [2.75, 3.05) is 13.3 Å². The van der Waals surface area contributed by atoms with E-state index in [9.17, 15) is 31.1 Å². The number of fused-ring (bicyclic) bond motifs is 1. The van der Waals surface area contributed by atoms with E-state index in [2.05, 4.69) is 4.40 Å². The molecule has 0 radical (unpaired) electrons. The lowest BCUT2D eigenvalue weighted by molar-refractivity contribution is -0.129. The van der Waals surface area contributed by atoms with Crippen LogP contribution in [0.1, 0.15) is 30.5 Å². The van der Waals surface area contributed by atoms with E-state index in [0.717, 1.165) is 10.6 Å². The van der Waals surface area contributed by atoms with Crippen LogP contribution < -0.4 is 0 Å². The van der Waals surface area contributed by atoms with Crippen molar-refractivity contribution in [3.05, 3.63) is 75.3 Å². The van der Waals surface area contributed by atoms with E-state index in [4.69, 9.17) is 11.6 Å². The van der Waals surface area contributed by atoms with Gasteiger partial charge in [-0.3, -0.25) is 4.79 Å². The summed E-state index contributed by atoms with van der Waals surface area (Å²) in [4.78, 5) is 14.6. The molecule has 13 heteroatoms. The van der Waals surface area contributed by atoms with Gasteiger partial charge in [-0.25, -0.2) is 17.1 Å². The molecule has 36 heavy (non-hydrogen) atoms. The lowest BCUT2D eigenvalue weighted by Crippen LogP contribution is -2.43. The molecule has 9 nitrogen and oxygen atoms in total.